The Balaban J connectivity index is 1.53. The first-order chi connectivity index (χ1) is 12.7. The van der Waals surface area contributed by atoms with E-state index in [1.807, 2.05) is 40.1 Å². The molecule has 1 saturated heterocycles. The fourth-order valence-corrected chi connectivity index (χ4v) is 3.31. The van der Waals surface area contributed by atoms with Crippen molar-refractivity contribution in [2.24, 2.45) is 0 Å². The van der Waals surface area contributed by atoms with Crippen LogP contribution in [0.4, 0.5) is 0 Å². The minimum atomic E-state index is -0.00155. The van der Waals surface area contributed by atoms with E-state index in [1.165, 1.54) is 0 Å². The quantitative estimate of drug-likeness (QED) is 0.895. The van der Waals surface area contributed by atoms with Crippen molar-refractivity contribution in [2.45, 2.75) is 19.3 Å². The number of H-pyrrole nitrogens is 1. The van der Waals surface area contributed by atoms with Crippen molar-refractivity contribution >= 4 is 11.8 Å². The number of aromatic amines is 1. The Morgan fingerprint density at radius 1 is 1.04 bits per heavy atom. The Bertz CT molecular complexity index is 743. The second-order valence-corrected chi connectivity index (χ2v) is 6.42. The molecule has 0 atom stereocenters. The van der Waals surface area contributed by atoms with E-state index in [-0.39, 0.29) is 11.8 Å². The van der Waals surface area contributed by atoms with E-state index < -0.39 is 0 Å². The smallest absolute Gasteiger partial charge is 0.270 e. The number of hydrogen-bond donors (Lipinski definition) is 1. The maximum Gasteiger partial charge on any atom is 0.270 e. The molecule has 1 aliphatic heterocycles. The molecule has 2 heterocycles. The van der Waals surface area contributed by atoms with Crippen molar-refractivity contribution in [2.75, 3.05) is 33.3 Å². The Morgan fingerprint density at radius 3 is 2.58 bits per heavy atom. The lowest BCUT2D eigenvalue weighted by Gasteiger charge is -2.22. The van der Waals surface area contributed by atoms with Crippen molar-refractivity contribution in [3.05, 3.63) is 53.9 Å². The van der Waals surface area contributed by atoms with Gasteiger partial charge in [-0.25, -0.2) is 0 Å². The monoisotopic (exact) mass is 355 g/mol. The molecule has 0 unspecified atom stereocenters. The molecule has 0 saturated carbocycles. The van der Waals surface area contributed by atoms with Gasteiger partial charge in [0.1, 0.15) is 11.4 Å². The van der Waals surface area contributed by atoms with E-state index in [0.29, 0.717) is 44.7 Å². The van der Waals surface area contributed by atoms with Gasteiger partial charge in [0, 0.05) is 38.8 Å². The van der Waals surface area contributed by atoms with Crippen LogP contribution in [0, 0.1) is 0 Å². The number of para-hydroxylation sites is 1. The number of carbonyl (C=O) groups is 2. The molecular formula is C20H25N3O3. The summed E-state index contributed by atoms with van der Waals surface area (Å²) in [5, 5.41) is 0. The molecule has 1 aliphatic rings. The van der Waals surface area contributed by atoms with E-state index >= 15 is 0 Å². The van der Waals surface area contributed by atoms with Gasteiger partial charge in [-0.1, -0.05) is 18.2 Å². The van der Waals surface area contributed by atoms with Crippen LogP contribution in [0.2, 0.25) is 0 Å². The van der Waals surface area contributed by atoms with Crippen LogP contribution in [0.5, 0.6) is 5.75 Å². The van der Waals surface area contributed by atoms with E-state index in [4.69, 9.17) is 4.74 Å². The Labute approximate surface area is 153 Å². The van der Waals surface area contributed by atoms with Gasteiger partial charge in [-0.3, -0.25) is 9.59 Å². The van der Waals surface area contributed by atoms with Crippen molar-refractivity contribution in [1.29, 1.82) is 0 Å². The summed E-state index contributed by atoms with van der Waals surface area (Å²) in [5.74, 6) is 0.947. The molecule has 26 heavy (non-hydrogen) atoms. The predicted molar refractivity (Wildman–Crippen MR) is 99.2 cm³/mol. The van der Waals surface area contributed by atoms with Crippen molar-refractivity contribution in [1.82, 2.24) is 14.8 Å². The molecule has 2 aromatic rings. The van der Waals surface area contributed by atoms with Crippen LogP contribution >= 0.6 is 0 Å². The Hall–Kier alpha value is -2.76. The maximum atomic E-state index is 12.6. The number of aromatic nitrogens is 1. The molecule has 1 fully saturated rings. The van der Waals surface area contributed by atoms with Crippen LogP contribution in [0.15, 0.2) is 42.6 Å². The van der Waals surface area contributed by atoms with Gasteiger partial charge in [-0.2, -0.15) is 0 Å². The molecule has 0 bridgehead atoms. The third-order valence-electron chi connectivity index (χ3n) is 4.76. The number of methoxy groups -OCH3 is 1. The fourth-order valence-electron chi connectivity index (χ4n) is 3.31. The summed E-state index contributed by atoms with van der Waals surface area (Å²) in [5.41, 5.74) is 1.64. The molecule has 1 N–H and O–H groups in total. The van der Waals surface area contributed by atoms with Crippen molar-refractivity contribution < 1.29 is 14.3 Å². The molecule has 3 rings (SSSR count). The van der Waals surface area contributed by atoms with Crippen LogP contribution < -0.4 is 4.74 Å². The van der Waals surface area contributed by atoms with Crippen molar-refractivity contribution in [3.8, 4) is 5.75 Å². The molecule has 0 spiro atoms. The van der Waals surface area contributed by atoms with Gasteiger partial charge in [-0.05, 0) is 36.6 Å². The normalized spacial score (nSPS) is 14.8. The first-order valence-electron chi connectivity index (χ1n) is 9.01. The highest BCUT2D eigenvalue weighted by atomic mass is 16.5. The van der Waals surface area contributed by atoms with Gasteiger partial charge in [0.05, 0.1) is 7.11 Å². The molecule has 2 amide bonds. The van der Waals surface area contributed by atoms with Gasteiger partial charge in [0.15, 0.2) is 0 Å². The fraction of sp³-hybridized carbons (Fsp3) is 0.400. The van der Waals surface area contributed by atoms with Gasteiger partial charge in [0.25, 0.3) is 5.91 Å². The van der Waals surface area contributed by atoms with Crippen LogP contribution in [0.25, 0.3) is 0 Å². The lowest BCUT2D eigenvalue weighted by molar-refractivity contribution is -0.131. The number of nitrogens with one attached hydrogen (secondary N) is 1. The average Bonchev–Trinajstić information content (AvgIpc) is 3.10. The summed E-state index contributed by atoms with van der Waals surface area (Å²) in [6.45, 7) is 2.52. The number of carbonyl (C=O) groups excluding carboxylic acids is 2. The highest BCUT2D eigenvalue weighted by molar-refractivity contribution is 5.92. The van der Waals surface area contributed by atoms with Gasteiger partial charge in [0.2, 0.25) is 5.91 Å². The summed E-state index contributed by atoms with van der Waals surface area (Å²) in [6, 6.07) is 11.4. The van der Waals surface area contributed by atoms with Crippen molar-refractivity contribution in [3.63, 3.8) is 0 Å². The molecule has 138 valence electrons. The predicted octanol–water partition coefficient (Wildman–Crippen LogP) is 2.33. The van der Waals surface area contributed by atoms with Gasteiger partial charge >= 0.3 is 0 Å². The second kappa shape index (κ2) is 8.56. The van der Waals surface area contributed by atoms with Crippen LogP contribution in [-0.2, 0) is 11.2 Å². The third kappa shape index (κ3) is 4.25. The Morgan fingerprint density at radius 2 is 1.81 bits per heavy atom. The first-order valence-corrected chi connectivity index (χ1v) is 9.01. The van der Waals surface area contributed by atoms with E-state index in [2.05, 4.69) is 4.98 Å². The molecule has 6 nitrogen and oxygen atoms in total. The third-order valence-corrected chi connectivity index (χ3v) is 4.76. The molecule has 6 heteroatoms. The average molecular weight is 355 g/mol. The van der Waals surface area contributed by atoms with E-state index in [1.54, 1.807) is 19.4 Å². The Kier molecular flexibility index (Phi) is 5.94. The van der Waals surface area contributed by atoms with Crippen LogP contribution in [0.1, 0.15) is 28.9 Å². The largest absolute Gasteiger partial charge is 0.496 e. The number of aryl methyl sites for hydroxylation is 1. The lowest BCUT2D eigenvalue weighted by atomic mass is 10.1. The number of hydrogen-bond acceptors (Lipinski definition) is 3. The molecule has 1 aromatic carbocycles. The summed E-state index contributed by atoms with van der Waals surface area (Å²) >= 11 is 0. The number of amides is 2. The highest BCUT2D eigenvalue weighted by Crippen LogP contribution is 2.19. The maximum absolute atomic E-state index is 12.6. The zero-order valence-corrected chi connectivity index (χ0v) is 15.1. The number of ether oxygens (including phenoxy) is 1. The topological polar surface area (TPSA) is 65.6 Å². The van der Waals surface area contributed by atoms with Gasteiger partial charge in [-0.15, -0.1) is 0 Å². The minimum Gasteiger partial charge on any atom is -0.496 e. The van der Waals surface area contributed by atoms with Crippen LogP contribution in [0.3, 0.4) is 0 Å². The zero-order valence-electron chi connectivity index (χ0n) is 15.1. The summed E-state index contributed by atoms with van der Waals surface area (Å²) < 4.78 is 5.35. The standard InChI is InChI=1S/C20H25N3O3/c1-26-18-8-3-2-6-16(18)9-10-19(24)22-12-5-13-23(15-14-22)20(25)17-7-4-11-21-17/h2-4,6-8,11,21H,5,9-10,12-15H2,1H3. The molecule has 1 aromatic heterocycles. The summed E-state index contributed by atoms with van der Waals surface area (Å²) in [7, 11) is 1.64. The zero-order chi connectivity index (χ0) is 18.4. The lowest BCUT2D eigenvalue weighted by Crippen LogP contribution is -2.37. The minimum absolute atomic E-state index is 0.00155. The first kappa shape index (κ1) is 18.0. The molecule has 0 aliphatic carbocycles. The van der Waals surface area contributed by atoms with E-state index in [9.17, 15) is 9.59 Å². The molecule has 0 radical (unpaired) electrons. The second-order valence-electron chi connectivity index (χ2n) is 6.42. The summed E-state index contributed by atoms with van der Waals surface area (Å²) in [6.07, 6.45) is 3.65. The number of benzene rings is 1. The SMILES string of the molecule is COc1ccccc1CCC(=O)N1CCCN(C(=O)c2ccc[nH]2)CC1. The molecular weight excluding hydrogens is 330 g/mol. The number of rotatable bonds is 5. The highest BCUT2D eigenvalue weighted by Gasteiger charge is 2.23. The van der Waals surface area contributed by atoms with E-state index in [0.717, 1.165) is 17.7 Å². The van der Waals surface area contributed by atoms with Gasteiger partial charge < -0.3 is 19.5 Å². The summed E-state index contributed by atoms with van der Waals surface area (Å²) in [4.78, 5) is 31.7. The number of nitrogens with zero attached hydrogens (tertiary/aromatic N) is 2. The van der Waals surface area contributed by atoms with Crippen LogP contribution in [-0.4, -0.2) is 59.9 Å².